The fourth-order valence-electron chi connectivity index (χ4n) is 1.40. The smallest absolute Gasteiger partial charge is 0.350 e. The van der Waals surface area contributed by atoms with Gasteiger partial charge in [0.05, 0.1) is 12.3 Å². The molecule has 0 atom stereocenters. The molecule has 0 N–H and O–H groups in total. The van der Waals surface area contributed by atoms with E-state index in [2.05, 4.69) is 4.98 Å². The van der Waals surface area contributed by atoms with Crippen molar-refractivity contribution in [3.63, 3.8) is 0 Å². The van der Waals surface area contributed by atoms with E-state index in [1.165, 1.54) is 24.3 Å². The Labute approximate surface area is 113 Å². The van der Waals surface area contributed by atoms with E-state index in [1.807, 2.05) is 0 Å². The lowest BCUT2D eigenvalue weighted by Crippen LogP contribution is -2.03. The van der Waals surface area contributed by atoms with Crippen LogP contribution < -0.4 is 4.74 Å². The first kappa shape index (κ1) is 13.5. The van der Waals surface area contributed by atoms with Crippen LogP contribution in [0.25, 0.3) is 0 Å². The Morgan fingerprint density at radius 1 is 1.37 bits per heavy atom. The van der Waals surface area contributed by atoms with Gasteiger partial charge in [0.15, 0.2) is 0 Å². The third-order valence-corrected chi connectivity index (χ3v) is 3.27. The monoisotopic (exact) mass is 281 g/mol. The minimum atomic E-state index is -0.411. The van der Waals surface area contributed by atoms with Gasteiger partial charge in [-0.2, -0.15) is 0 Å². The molecule has 19 heavy (non-hydrogen) atoms. The second-order valence-electron chi connectivity index (χ2n) is 3.67. The van der Waals surface area contributed by atoms with Crippen molar-refractivity contribution in [2.24, 2.45) is 0 Å². The van der Waals surface area contributed by atoms with Crippen molar-refractivity contribution in [3.05, 3.63) is 40.7 Å². The van der Waals surface area contributed by atoms with Crippen LogP contribution in [0.5, 0.6) is 10.9 Å². The van der Waals surface area contributed by atoms with Crippen LogP contribution in [0.2, 0.25) is 0 Å². The second-order valence-corrected chi connectivity index (χ2v) is 4.63. The highest BCUT2D eigenvalue weighted by Crippen LogP contribution is 2.29. The Balaban J connectivity index is 2.16. The molecule has 0 saturated heterocycles. The Morgan fingerprint density at radius 2 is 2.05 bits per heavy atom. The number of aromatic nitrogens is 1. The summed E-state index contributed by atoms with van der Waals surface area (Å²) < 4.78 is 23.1. The number of benzene rings is 1. The molecule has 0 aliphatic carbocycles. The van der Waals surface area contributed by atoms with Crippen molar-refractivity contribution in [2.45, 2.75) is 13.8 Å². The summed E-state index contributed by atoms with van der Waals surface area (Å²) in [6, 6.07) is 5.58. The van der Waals surface area contributed by atoms with Gasteiger partial charge in [0, 0.05) is 0 Å². The molecule has 0 aliphatic rings. The molecule has 0 unspecified atom stereocenters. The van der Waals surface area contributed by atoms with Crippen molar-refractivity contribution in [1.29, 1.82) is 0 Å². The molecular weight excluding hydrogens is 269 g/mol. The first-order valence-electron chi connectivity index (χ1n) is 5.68. The van der Waals surface area contributed by atoms with Gasteiger partial charge in [0.25, 0.3) is 5.19 Å². The van der Waals surface area contributed by atoms with Gasteiger partial charge < -0.3 is 9.47 Å². The summed E-state index contributed by atoms with van der Waals surface area (Å²) in [5.74, 6) is -0.285. The maximum absolute atomic E-state index is 12.8. The maximum atomic E-state index is 12.8. The third-order valence-electron chi connectivity index (χ3n) is 2.26. The van der Waals surface area contributed by atoms with Gasteiger partial charge in [-0.3, -0.25) is 0 Å². The van der Waals surface area contributed by atoms with Gasteiger partial charge in [0.2, 0.25) is 0 Å². The fraction of sp³-hybridized carbons (Fsp3) is 0.231. The lowest BCUT2D eigenvalue weighted by Gasteiger charge is -2.00. The largest absolute Gasteiger partial charge is 0.462 e. The molecule has 1 heterocycles. The molecule has 0 saturated carbocycles. The number of aryl methyl sites for hydroxylation is 1. The number of halogens is 1. The average molecular weight is 281 g/mol. The van der Waals surface area contributed by atoms with E-state index in [9.17, 15) is 9.18 Å². The fourth-order valence-corrected chi connectivity index (χ4v) is 2.24. The second kappa shape index (κ2) is 5.79. The van der Waals surface area contributed by atoms with Crippen LogP contribution in [0.4, 0.5) is 4.39 Å². The molecule has 100 valence electrons. The Hall–Kier alpha value is -1.95. The van der Waals surface area contributed by atoms with Crippen LogP contribution in [0, 0.1) is 12.7 Å². The van der Waals surface area contributed by atoms with Gasteiger partial charge in [0.1, 0.15) is 16.4 Å². The molecule has 1 aromatic carbocycles. The predicted molar refractivity (Wildman–Crippen MR) is 69.3 cm³/mol. The van der Waals surface area contributed by atoms with E-state index in [0.717, 1.165) is 11.3 Å². The summed E-state index contributed by atoms with van der Waals surface area (Å²) in [4.78, 5) is 16.2. The number of rotatable bonds is 4. The van der Waals surface area contributed by atoms with E-state index in [-0.39, 0.29) is 5.82 Å². The summed E-state index contributed by atoms with van der Waals surface area (Å²) in [6.07, 6.45) is 0. The summed E-state index contributed by atoms with van der Waals surface area (Å²) in [6.45, 7) is 3.76. The van der Waals surface area contributed by atoms with Crippen LogP contribution in [-0.4, -0.2) is 17.6 Å². The van der Waals surface area contributed by atoms with Gasteiger partial charge in [-0.15, -0.1) is 0 Å². The number of carbonyl (C=O) groups is 1. The molecule has 0 fully saturated rings. The molecule has 0 bridgehead atoms. The summed E-state index contributed by atoms with van der Waals surface area (Å²) in [7, 11) is 0. The highest BCUT2D eigenvalue weighted by molar-refractivity contribution is 7.15. The van der Waals surface area contributed by atoms with Gasteiger partial charge >= 0.3 is 5.97 Å². The topological polar surface area (TPSA) is 48.4 Å². The van der Waals surface area contributed by atoms with Crippen LogP contribution in [0.15, 0.2) is 24.3 Å². The lowest BCUT2D eigenvalue weighted by molar-refractivity contribution is 0.0531. The van der Waals surface area contributed by atoms with Gasteiger partial charge in [-0.25, -0.2) is 14.2 Å². The lowest BCUT2D eigenvalue weighted by atomic mass is 10.3. The molecule has 2 aromatic rings. The zero-order valence-electron chi connectivity index (χ0n) is 10.5. The van der Waals surface area contributed by atoms with Crippen LogP contribution in [-0.2, 0) is 4.74 Å². The number of hydrogen-bond donors (Lipinski definition) is 0. The molecule has 1 aromatic heterocycles. The predicted octanol–water partition coefficient (Wildman–Crippen LogP) is 3.56. The normalized spacial score (nSPS) is 10.3. The van der Waals surface area contributed by atoms with E-state index in [1.54, 1.807) is 13.8 Å². The molecule has 0 aliphatic heterocycles. The number of carbonyl (C=O) groups excluding carboxylic acids is 1. The zero-order chi connectivity index (χ0) is 13.8. The number of thiazole rings is 1. The first-order chi connectivity index (χ1) is 9.10. The van der Waals surface area contributed by atoms with Crippen molar-refractivity contribution in [2.75, 3.05) is 6.61 Å². The summed E-state index contributed by atoms with van der Waals surface area (Å²) in [5.41, 5.74) is 0.556. The zero-order valence-corrected chi connectivity index (χ0v) is 11.3. The first-order valence-corrected chi connectivity index (χ1v) is 6.49. The van der Waals surface area contributed by atoms with Gasteiger partial charge in [-0.05, 0) is 38.1 Å². The van der Waals surface area contributed by atoms with Crippen LogP contribution in [0.3, 0.4) is 0 Å². The van der Waals surface area contributed by atoms with E-state index in [4.69, 9.17) is 9.47 Å². The Morgan fingerprint density at radius 3 is 2.68 bits per heavy atom. The number of esters is 1. The minimum Gasteiger partial charge on any atom is -0.462 e. The summed E-state index contributed by atoms with van der Waals surface area (Å²) in [5, 5.41) is 0.326. The Kier molecular flexibility index (Phi) is 4.11. The van der Waals surface area contributed by atoms with Crippen molar-refractivity contribution >= 4 is 17.3 Å². The van der Waals surface area contributed by atoms with E-state index >= 15 is 0 Å². The van der Waals surface area contributed by atoms with Crippen molar-refractivity contribution in [1.82, 2.24) is 4.98 Å². The molecule has 0 radical (unpaired) electrons. The van der Waals surface area contributed by atoms with Crippen molar-refractivity contribution in [3.8, 4) is 10.9 Å². The van der Waals surface area contributed by atoms with E-state index < -0.39 is 5.97 Å². The molecular formula is C13H12FNO3S. The number of nitrogens with zero attached hydrogens (tertiary/aromatic N) is 1. The maximum Gasteiger partial charge on any atom is 0.350 e. The average Bonchev–Trinajstić information content (AvgIpc) is 2.74. The highest BCUT2D eigenvalue weighted by Gasteiger charge is 2.17. The molecule has 4 nitrogen and oxygen atoms in total. The molecule has 0 amide bonds. The standard InChI is InChI=1S/C13H12FNO3S/c1-3-17-12(16)11-8(2)15-13(19-11)18-10-6-4-9(14)5-7-10/h4-7H,3H2,1-2H3. The van der Waals surface area contributed by atoms with E-state index in [0.29, 0.717) is 28.1 Å². The third kappa shape index (κ3) is 3.29. The van der Waals surface area contributed by atoms with Crippen LogP contribution >= 0.6 is 11.3 Å². The SMILES string of the molecule is CCOC(=O)c1sc(Oc2ccc(F)cc2)nc1C. The highest BCUT2D eigenvalue weighted by atomic mass is 32.1. The van der Waals surface area contributed by atoms with Crippen molar-refractivity contribution < 1.29 is 18.7 Å². The Bertz CT molecular complexity index is 580. The summed E-state index contributed by atoms with van der Waals surface area (Å²) >= 11 is 1.10. The molecule has 6 heteroatoms. The number of ether oxygens (including phenoxy) is 2. The number of hydrogen-bond acceptors (Lipinski definition) is 5. The molecule has 0 spiro atoms. The molecule has 2 rings (SSSR count). The minimum absolute atomic E-state index is 0.310. The van der Waals surface area contributed by atoms with Gasteiger partial charge in [-0.1, -0.05) is 11.3 Å². The van der Waals surface area contributed by atoms with Crippen LogP contribution in [0.1, 0.15) is 22.3 Å². The quantitative estimate of drug-likeness (QED) is 0.804.